The third-order valence-electron chi connectivity index (χ3n) is 3.65. The molecule has 1 aromatic rings. The van der Waals surface area contributed by atoms with Gasteiger partial charge in [0.2, 0.25) is 0 Å². The number of nitrogens with zero attached hydrogens (tertiary/aromatic N) is 3. The molecule has 0 atom stereocenters. The summed E-state index contributed by atoms with van der Waals surface area (Å²) in [7, 11) is 3.53. The highest BCUT2D eigenvalue weighted by atomic mass is 32.1. The second-order valence-electron chi connectivity index (χ2n) is 5.98. The van der Waals surface area contributed by atoms with Gasteiger partial charge in [-0.25, -0.2) is 0 Å². The van der Waals surface area contributed by atoms with E-state index in [2.05, 4.69) is 5.32 Å². The van der Waals surface area contributed by atoms with E-state index in [9.17, 15) is 19.7 Å². The topological polar surface area (TPSA) is 95.8 Å². The lowest BCUT2D eigenvalue weighted by molar-refractivity contribution is -0.384. The van der Waals surface area contributed by atoms with Gasteiger partial charge in [0.05, 0.1) is 4.92 Å². The fourth-order valence-corrected chi connectivity index (χ4v) is 2.86. The summed E-state index contributed by atoms with van der Waals surface area (Å²) >= 11 is 5.05. The lowest BCUT2D eigenvalue weighted by atomic mass is 10.0. The van der Waals surface area contributed by atoms with E-state index < -0.39 is 16.7 Å². The number of hydrogen-bond acceptors (Lipinski definition) is 6. The van der Waals surface area contributed by atoms with E-state index in [0.717, 1.165) is 0 Å². The number of nitro benzene ring substituents is 1. The number of anilines is 1. The number of benzene rings is 1. The lowest BCUT2D eigenvalue weighted by Gasteiger charge is -2.32. The molecule has 0 unspecified atom stereocenters. The van der Waals surface area contributed by atoms with Gasteiger partial charge >= 0.3 is 0 Å². The standard InChI is InChI=1S/C16H18N4O4S/c1-9(2)19-15(22)12(14(21)17-16(19)25)8-10-7-11(20(23)24)5-6-13(10)18(3)4/h5-9H,1-4H3,(H,17,21,25)/b12-8-. The summed E-state index contributed by atoms with van der Waals surface area (Å²) in [6.45, 7) is 3.55. The van der Waals surface area contributed by atoms with Crippen molar-refractivity contribution in [1.82, 2.24) is 10.2 Å². The number of amides is 2. The Bertz CT molecular complexity index is 801. The van der Waals surface area contributed by atoms with E-state index in [1.54, 1.807) is 38.9 Å². The molecule has 1 saturated heterocycles. The van der Waals surface area contributed by atoms with Gasteiger partial charge in [-0.3, -0.25) is 29.9 Å². The second-order valence-corrected chi connectivity index (χ2v) is 6.37. The van der Waals surface area contributed by atoms with Crippen molar-refractivity contribution in [3.8, 4) is 0 Å². The number of nitrogens with one attached hydrogen (secondary N) is 1. The maximum Gasteiger partial charge on any atom is 0.270 e. The second kappa shape index (κ2) is 6.98. The quantitative estimate of drug-likeness (QED) is 0.288. The zero-order valence-electron chi connectivity index (χ0n) is 14.3. The highest BCUT2D eigenvalue weighted by Gasteiger charge is 2.35. The average molecular weight is 362 g/mol. The normalized spacial score (nSPS) is 16.4. The van der Waals surface area contributed by atoms with Crippen molar-refractivity contribution in [1.29, 1.82) is 0 Å². The van der Waals surface area contributed by atoms with E-state index in [1.807, 2.05) is 0 Å². The third-order valence-corrected chi connectivity index (χ3v) is 3.95. The molecule has 0 saturated carbocycles. The Hall–Kier alpha value is -2.81. The Balaban J connectivity index is 2.59. The van der Waals surface area contributed by atoms with Crippen LogP contribution in [0, 0.1) is 10.1 Å². The van der Waals surface area contributed by atoms with Gasteiger partial charge in [0.1, 0.15) is 5.57 Å². The van der Waals surface area contributed by atoms with Crippen LogP contribution in [-0.2, 0) is 9.59 Å². The number of carbonyl (C=O) groups is 2. The maximum absolute atomic E-state index is 12.7. The Morgan fingerprint density at radius 1 is 1.32 bits per heavy atom. The molecule has 1 aliphatic heterocycles. The molecule has 0 aromatic heterocycles. The minimum absolute atomic E-state index is 0.0500. The van der Waals surface area contributed by atoms with E-state index in [-0.39, 0.29) is 22.4 Å². The highest BCUT2D eigenvalue weighted by Crippen LogP contribution is 2.27. The van der Waals surface area contributed by atoms with E-state index >= 15 is 0 Å². The molecule has 1 aliphatic rings. The van der Waals surface area contributed by atoms with Gasteiger partial charge in [-0.15, -0.1) is 0 Å². The molecule has 0 bridgehead atoms. The molecule has 1 aromatic carbocycles. The summed E-state index contributed by atoms with van der Waals surface area (Å²) in [6.07, 6.45) is 1.36. The van der Waals surface area contributed by atoms with E-state index in [1.165, 1.54) is 23.1 Å². The smallest absolute Gasteiger partial charge is 0.270 e. The van der Waals surface area contributed by atoms with Gasteiger partial charge in [0.25, 0.3) is 17.5 Å². The van der Waals surface area contributed by atoms with Gasteiger partial charge in [-0.1, -0.05) is 0 Å². The van der Waals surface area contributed by atoms with Crippen LogP contribution in [-0.4, -0.2) is 46.9 Å². The van der Waals surface area contributed by atoms with E-state index in [4.69, 9.17) is 12.2 Å². The van der Waals surface area contributed by atoms with Gasteiger partial charge in [0, 0.05) is 43.5 Å². The number of hydrogen-bond donors (Lipinski definition) is 1. The van der Waals surface area contributed by atoms with Crippen molar-refractivity contribution in [2.24, 2.45) is 0 Å². The van der Waals surface area contributed by atoms with Crippen LogP contribution in [0.4, 0.5) is 11.4 Å². The van der Waals surface area contributed by atoms with Gasteiger partial charge in [-0.05, 0) is 38.2 Å². The molecule has 8 nitrogen and oxygen atoms in total. The lowest BCUT2D eigenvalue weighted by Crippen LogP contribution is -2.56. The fraction of sp³-hybridized carbons (Fsp3) is 0.312. The molecule has 0 spiro atoms. The minimum Gasteiger partial charge on any atom is -0.377 e. The average Bonchev–Trinajstić information content (AvgIpc) is 2.50. The summed E-state index contributed by atoms with van der Waals surface area (Å²) in [5, 5.41) is 13.6. The van der Waals surface area contributed by atoms with Crippen molar-refractivity contribution >= 4 is 46.6 Å². The molecule has 9 heteroatoms. The maximum atomic E-state index is 12.7. The number of thiocarbonyl (C=S) groups is 1. The number of rotatable bonds is 4. The monoisotopic (exact) mass is 362 g/mol. The molecule has 1 heterocycles. The Kier molecular flexibility index (Phi) is 5.17. The molecule has 1 N–H and O–H groups in total. The zero-order chi connectivity index (χ0) is 18.9. The molecular formula is C16H18N4O4S. The molecule has 132 valence electrons. The first-order chi connectivity index (χ1) is 11.6. The molecule has 25 heavy (non-hydrogen) atoms. The number of nitro groups is 1. The first kappa shape index (κ1) is 18.5. The van der Waals surface area contributed by atoms with Crippen molar-refractivity contribution in [2.45, 2.75) is 19.9 Å². The van der Waals surface area contributed by atoms with Gasteiger partial charge < -0.3 is 4.90 Å². The van der Waals surface area contributed by atoms with E-state index in [0.29, 0.717) is 11.3 Å². The largest absolute Gasteiger partial charge is 0.377 e. The molecule has 0 radical (unpaired) electrons. The van der Waals surface area contributed by atoms with Crippen LogP contribution in [0.1, 0.15) is 19.4 Å². The SMILES string of the molecule is CC(C)N1C(=O)/C(=C\c2cc([N+](=O)[O-])ccc2N(C)C)C(=O)NC1=S. The van der Waals surface area contributed by atoms with Crippen molar-refractivity contribution in [3.63, 3.8) is 0 Å². The summed E-state index contributed by atoms with van der Waals surface area (Å²) in [5.74, 6) is -1.15. The minimum atomic E-state index is -0.622. The summed E-state index contributed by atoms with van der Waals surface area (Å²) in [4.78, 5) is 38.4. The molecule has 1 fully saturated rings. The van der Waals surface area contributed by atoms with Gasteiger partial charge in [0.15, 0.2) is 5.11 Å². The number of non-ortho nitro benzene ring substituents is 1. The molecular weight excluding hydrogens is 344 g/mol. The first-order valence-electron chi connectivity index (χ1n) is 7.49. The van der Waals surface area contributed by atoms with Crippen LogP contribution in [0.5, 0.6) is 0 Å². The van der Waals surface area contributed by atoms with Crippen LogP contribution in [0.15, 0.2) is 23.8 Å². The Morgan fingerprint density at radius 2 is 1.96 bits per heavy atom. The Morgan fingerprint density at radius 3 is 2.48 bits per heavy atom. The van der Waals surface area contributed by atoms with Crippen molar-refractivity contribution < 1.29 is 14.5 Å². The molecule has 2 rings (SSSR count). The van der Waals surface area contributed by atoms with Crippen LogP contribution in [0.25, 0.3) is 6.08 Å². The van der Waals surface area contributed by atoms with Crippen molar-refractivity contribution in [2.75, 3.05) is 19.0 Å². The fourth-order valence-electron chi connectivity index (χ4n) is 2.47. The third kappa shape index (κ3) is 3.66. The highest BCUT2D eigenvalue weighted by molar-refractivity contribution is 7.80. The van der Waals surface area contributed by atoms with Crippen LogP contribution >= 0.6 is 12.2 Å². The molecule has 0 aliphatic carbocycles. The van der Waals surface area contributed by atoms with Crippen LogP contribution < -0.4 is 10.2 Å². The zero-order valence-corrected chi connectivity index (χ0v) is 15.1. The Labute approximate surface area is 150 Å². The number of carbonyl (C=O) groups excluding carboxylic acids is 2. The van der Waals surface area contributed by atoms with Crippen LogP contribution in [0.3, 0.4) is 0 Å². The summed E-state index contributed by atoms with van der Waals surface area (Å²) < 4.78 is 0. The van der Waals surface area contributed by atoms with Crippen LogP contribution in [0.2, 0.25) is 0 Å². The summed E-state index contributed by atoms with van der Waals surface area (Å²) in [5.41, 5.74) is 0.792. The van der Waals surface area contributed by atoms with Crippen molar-refractivity contribution in [3.05, 3.63) is 39.4 Å². The predicted molar refractivity (Wildman–Crippen MR) is 98.1 cm³/mol. The molecule has 2 amide bonds. The van der Waals surface area contributed by atoms with Gasteiger partial charge in [-0.2, -0.15) is 0 Å². The summed E-state index contributed by atoms with van der Waals surface area (Å²) in [6, 6.07) is 4.04. The first-order valence-corrected chi connectivity index (χ1v) is 7.90. The predicted octanol–water partition coefficient (Wildman–Crippen LogP) is 1.70.